The van der Waals surface area contributed by atoms with Crippen molar-refractivity contribution in [2.24, 2.45) is 0 Å². The predicted octanol–water partition coefficient (Wildman–Crippen LogP) is 3.87. The van der Waals surface area contributed by atoms with Crippen LogP contribution < -0.4 is 9.46 Å². The van der Waals surface area contributed by atoms with Gasteiger partial charge in [0.15, 0.2) is 0 Å². The molecule has 0 saturated heterocycles. The van der Waals surface area contributed by atoms with Crippen molar-refractivity contribution in [2.75, 3.05) is 6.61 Å². The van der Waals surface area contributed by atoms with Crippen molar-refractivity contribution < 1.29 is 35.9 Å². The average molecular weight is 431 g/mol. The Kier molecular flexibility index (Phi) is 7.26. The maximum atomic E-state index is 12.7. The second-order valence-electron chi connectivity index (χ2n) is 6.11. The third-order valence-electron chi connectivity index (χ3n) is 3.82. The van der Waals surface area contributed by atoms with Crippen molar-refractivity contribution in [2.45, 2.75) is 37.6 Å². The fraction of sp³-hybridized carbons (Fsp3) is 0.316. The van der Waals surface area contributed by atoms with Crippen LogP contribution in [0.1, 0.15) is 30.5 Å². The van der Waals surface area contributed by atoms with E-state index in [-0.39, 0.29) is 17.9 Å². The van der Waals surface area contributed by atoms with E-state index in [1.807, 2.05) is 6.92 Å². The summed E-state index contributed by atoms with van der Waals surface area (Å²) >= 11 is 0. The molecule has 0 fully saturated rings. The lowest BCUT2D eigenvalue weighted by molar-refractivity contribution is -0.274. The van der Waals surface area contributed by atoms with E-state index in [0.29, 0.717) is 5.56 Å². The summed E-state index contributed by atoms with van der Waals surface area (Å²) < 4.78 is 73.2. The Labute approximate surface area is 166 Å². The van der Waals surface area contributed by atoms with Crippen LogP contribution in [0.3, 0.4) is 0 Å². The van der Waals surface area contributed by atoms with Crippen molar-refractivity contribution >= 4 is 16.0 Å². The van der Waals surface area contributed by atoms with Gasteiger partial charge in [-0.2, -0.15) is 0 Å². The van der Waals surface area contributed by atoms with Crippen LogP contribution in [0.15, 0.2) is 53.4 Å². The topological polar surface area (TPSA) is 81.7 Å². The number of nitrogens with one attached hydrogen (secondary N) is 1. The number of aryl methyl sites for hydroxylation is 1. The van der Waals surface area contributed by atoms with Gasteiger partial charge in [0.2, 0.25) is 10.0 Å². The molecule has 0 heterocycles. The highest BCUT2D eigenvalue weighted by atomic mass is 32.2. The van der Waals surface area contributed by atoms with Crippen molar-refractivity contribution in [1.29, 1.82) is 0 Å². The number of esters is 1. The third kappa shape index (κ3) is 7.06. The number of carbonyl (C=O) groups is 1. The van der Waals surface area contributed by atoms with E-state index in [1.165, 1.54) is 0 Å². The van der Waals surface area contributed by atoms with Crippen LogP contribution in [-0.4, -0.2) is 27.4 Å². The quantitative estimate of drug-likeness (QED) is 0.642. The maximum Gasteiger partial charge on any atom is 0.573 e. The minimum Gasteiger partial charge on any atom is -0.466 e. The molecular weight excluding hydrogens is 411 g/mol. The molecule has 10 heteroatoms. The number of hydrogen-bond acceptors (Lipinski definition) is 5. The molecule has 2 aromatic carbocycles. The molecule has 29 heavy (non-hydrogen) atoms. The molecule has 2 aromatic rings. The Morgan fingerprint density at radius 2 is 1.66 bits per heavy atom. The maximum absolute atomic E-state index is 12.7. The van der Waals surface area contributed by atoms with E-state index in [4.69, 9.17) is 4.74 Å². The summed E-state index contributed by atoms with van der Waals surface area (Å²) in [5, 5.41) is 0. The van der Waals surface area contributed by atoms with Gasteiger partial charge in [-0.05, 0) is 43.7 Å². The Balaban J connectivity index is 2.25. The molecule has 0 aliphatic carbocycles. The Morgan fingerprint density at radius 1 is 1.07 bits per heavy atom. The molecule has 1 N–H and O–H groups in total. The Hall–Kier alpha value is -2.59. The normalized spacial score (nSPS) is 13.0. The molecule has 158 valence electrons. The number of sulfonamides is 1. The first kappa shape index (κ1) is 22.7. The van der Waals surface area contributed by atoms with Gasteiger partial charge in [0.25, 0.3) is 0 Å². The van der Waals surface area contributed by atoms with E-state index < -0.39 is 34.1 Å². The zero-order valence-electron chi connectivity index (χ0n) is 15.7. The molecule has 0 spiro atoms. The van der Waals surface area contributed by atoms with Crippen LogP contribution in [0.25, 0.3) is 0 Å². The zero-order chi connectivity index (χ0) is 21.7. The number of carbonyl (C=O) groups excluding carboxylic acids is 1. The first-order valence-electron chi connectivity index (χ1n) is 8.60. The molecule has 6 nitrogen and oxygen atoms in total. The van der Waals surface area contributed by atoms with Crippen LogP contribution in [0.5, 0.6) is 5.75 Å². The third-order valence-corrected chi connectivity index (χ3v) is 5.31. The molecule has 0 amide bonds. The largest absolute Gasteiger partial charge is 0.573 e. The minimum atomic E-state index is -4.88. The monoisotopic (exact) mass is 431 g/mol. The van der Waals surface area contributed by atoms with Gasteiger partial charge < -0.3 is 9.47 Å². The molecule has 1 atom stereocenters. The number of hydrogen-bond donors (Lipinski definition) is 1. The standard InChI is InChI=1S/C19H20F3NO5S/c1-3-27-18(24)12-17(14-6-4-13(2)5-7-14)23-29(25,26)16-10-8-15(9-11-16)28-19(20,21)22/h4-11,17,23H,3,12H2,1-2H3/t17-/m1/s1. The van der Waals surface area contributed by atoms with Gasteiger partial charge in [-0.25, -0.2) is 13.1 Å². The van der Waals surface area contributed by atoms with Gasteiger partial charge in [0, 0.05) is 0 Å². The van der Waals surface area contributed by atoms with E-state index in [9.17, 15) is 26.4 Å². The van der Waals surface area contributed by atoms with Crippen LogP contribution in [0.4, 0.5) is 13.2 Å². The van der Waals surface area contributed by atoms with E-state index in [1.54, 1.807) is 31.2 Å². The van der Waals surface area contributed by atoms with Gasteiger partial charge >= 0.3 is 12.3 Å². The highest BCUT2D eigenvalue weighted by Gasteiger charge is 2.31. The van der Waals surface area contributed by atoms with Crippen molar-refractivity contribution in [3.8, 4) is 5.75 Å². The second-order valence-corrected chi connectivity index (χ2v) is 7.83. The number of halogens is 3. The zero-order valence-corrected chi connectivity index (χ0v) is 16.5. The van der Waals surface area contributed by atoms with Crippen molar-refractivity contribution in [1.82, 2.24) is 4.72 Å². The molecule has 0 aliphatic rings. The highest BCUT2D eigenvalue weighted by molar-refractivity contribution is 7.89. The van der Waals surface area contributed by atoms with Crippen LogP contribution >= 0.6 is 0 Å². The molecule has 0 saturated carbocycles. The molecule has 0 aromatic heterocycles. The smallest absolute Gasteiger partial charge is 0.466 e. The molecule has 2 rings (SSSR count). The lowest BCUT2D eigenvalue weighted by atomic mass is 10.0. The van der Waals surface area contributed by atoms with Gasteiger partial charge in [0.1, 0.15) is 5.75 Å². The summed E-state index contributed by atoms with van der Waals surface area (Å²) in [5.41, 5.74) is 1.50. The first-order valence-corrected chi connectivity index (χ1v) is 10.1. The van der Waals surface area contributed by atoms with E-state index >= 15 is 0 Å². The summed E-state index contributed by atoms with van der Waals surface area (Å²) in [7, 11) is -4.13. The Morgan fingerprint density at radius 3 is 2.17 bits per heavy atom. The highest BCUT2D eigenvalue weighted by Crippen LogP contribution is 2.25. The molecule has 0 radical (unpaired) electrons. The van der Waals surface area contributed by atoms with Crippen molar-refractivity contribution in [3.63, 3.8) is 0 Å². The van der Waals surface area contributed by atoms with Gasteiger partial charge in [-0.15, -0.1) is 13.2 Å². The number of ether oxygens (including phenoxy) is 2. The summed E-state index contributed by atoms with van der Waals surface area (Å²) in [5.74, 6) is -1.13. The van der Waals surface area contributed by atoms with Crippen molar-refractivity contribution in [3.05, 3.63) is 59.7 Å². The first-order chi connectivity index (χ1) is 13.5. The minimum absolute atomic E-state index is 0.146. The Bertz CT molecular complexity index is 926. The van der Waals surface area contributed by atoms with Gasteiger partial charge in [-0.3, -0.25) is 4.79 Å². The van der Waals surface area contributed by atoms with Crippen LogP contribution in [0.2, 0.25) is 0 Å². The summed E-state index contributed by atoms with van der Waals surface area (Å²) in [4.78, 5) is 11.6. The van der Waals surface area contributed by atoms with E-state index in [0.717, 1.165) is 29.8 Å². The summed E-state index contributed by atoms with van der Waals surface area (Å²) in [6.07, 6.45) is -5.12. The fourth-order valence-electron chi connectivity index (χ4n) is 2.49. The number of benzene rings is 2. The van der Waals surface area contributed by atoms with Gasteiger partial charge in [0.05, 0.1) is 24.0 Å². The molecular formula is C19H20F3NO5S. The molecule has 0 unspecified atom stereocenters. The lowest BCUT2D eigenvalue weighted by Gasteiger charge is -2.19. The van der Waals surface area contributed by atoms with E-state index in [2.05, 4.69) is 9.46 Å². The summed E-state index contributed by atoms with van der Waals surface area (Å²) in [6, 6.07) is 9.76. The number of rotatable bonds is 8. The second kappa shape index (κ2) is 9.27. The SMILES string of the molecule is CCOC(=O)C[C@@H](NS(=O)(=O)c1ccc(OC(F)(F)F)cc1)c1ccc(C)cc1. The fourth-order valence-corrected chi connectivity index (χ4v) is 3.71. The number of alkyl halides is 3. The molecule has 0 aliphatic heterocycles. The lowest BCUT2D eigenvalue weighted by Crippen LogP contribution is -2.30. The average Bonchev–Trinajstić information content (AvgIpc) is 2.61. The van der Waals surface area contributed by atoms with Gasteiger partial charge in [-0.1, -0.05) is 29.8 Å². The predicted molar refractivity (Wildman–Crippen MR) is 98.6 cm³/mol. The van der Waals surface area contributed by atoms with Crippen LogP contribution in [0, 0.1) is 6.92 Å². The summed E-state index contributed by atoms with van der Waals surface area (Å²) in [6.45, 7) is 3.64. The molecule has 0 bridgehead atoms. The van der Waals surface area contributed by atoms with Crippen LogP contribution in [-0.2, 0) is 19.6 Å².